The van der Waals surface area contributed by atoms with Crippen molar-refractivity contribution >= 4 is 39.1 Å². The van der Waals surface area contributed by atoms with Crippen LogP contribution in [0.1, 0.15) is 36.7 Å². The van der Waals surface area contributed by atoms with Crippen LogP contribution in [0.2, 0.25) is 0 Å². The summed E-state index contributed by atoms with van der Waals surface area (Å²) < 4.78 is 0. The molecule has 0 saturated carbocycles. The van der Waals surface area contributed by atoms with Crippen LogP contribution in [0.4, 0.5) is 5.00 Å². The lowest BCUT2D eigenvalue weighted by molar-refractivity contribution is 0.0951. The van der Waals surface area contributed by atoms with E-state index in [0.29, 0.717) is 28.4 Å². The third-order valence-electron chi connectivity index (χ3n) is 6.05. The van der Waals surface area contributed by atoms with Gasteiger partial charge in [-0.05, 0) is 43.2 Å². The number of nitrogens with zero attached hydrogens (tertiary/aromatic N) is 2. The summed E-state index contributed by atoms with van der Waals surface area (Å²) in [7, 11) is 0. The molecule has 3 heterocycles. The van der Waals surface area contributed by atoms with Crippen molar-refractivity contribution < 1.29 is 9.59 Å². The Morgan fingerprint density at radius 2 is 1.69 bits per heavy atom. The topological polar surface area (TPSA) is 84.0 Å². The standard InChI is InChI=1S/C29H24N4O2S/c1-18-19(2)36-29(26(18)28(35)31-17-20-9-8-14-30-16-20)33-27(34)23-15-25(21-10-4-3-5-11-21)32-24-13-7-6-12-22(23)24/h3-16H,17H2,1-2H3,(H,31,35)(H,33,34). The number of amides is 2. The number of fused-ring (bicyclic) bond motifs is 1. The van der Waals surface area contributed by atoms with E-state index in [-0.39, 0.29) is 11.8 Å². The van der Waals surface area contributed by atoms with Crippen LogP contribution in [0.3, 0.4) is 0 Å². The van der Waals surface area contributed by atoms with Crippen molar-refractivity contribution in [2.24, 2.45) is 0 Å². The van der Waals surface area contributed by atoms with Gasteiger partial charge in [0.15, 0.2) is 0 Å². The average Bonchev–Trinajstić information content (AvgIpc) is 3.20. The Kier molecular flexibility index (Phi) is 6.56. The van der Waals surface area contributed by atoms with E-state index in [4.69, 9.17) is 4.98 Å². The molecular weight excluding hydrogens is 468 g/mol. The quantitative estimate of drug-likeness (QED) is 0.297. The van der Waals surface area contributed by atoms with Crippen molar-refractivity contribution in [1.29, 1.82) is 0 Å². The lowest BCUT2D eigenvalue weighted by atomic mass is 10.0. The van der Waals surface area contributed by atoms with E-state index in [1.54, 1.807) is 12.4 Å². The molecule has 0 unspecified atom stereocenters. The minimum atomic E-state index is -0.284. The van der Waals surface area contributed by atoms with Crippen LogP contribution >= 0.6 is 11.3 Å². The van der Waals surface area contributed by atoms with Gasteiger partial charge in [-0.1, -0.05) is 54.6 Å². The Balaban J connectivity index is 1.47. The summed E-state index contributed by atoms with van der Waals surface area (Å²) in [5, 5.41) is 7.25. The molecule has 0 atom stereocenters. The molecule has 3 aromatic heterocycles. The number of rotatable bonds is 6. The van der Waals surface area contributed by atoms with Crippen molar-refractivity contribution in [1.82, 2.24) is 15.3 Å². The number of anilines is 1. The molecule has 0 spiro atoms. The molecule has 7 heteroatoms. The van der Waals surface area contributed by atoms with Crippen molar-refractivity contribution in [2.75, 3.05) is 5.32 Å². The second-order valence-electron chi connectivity index (χ2n) is 8.42. The van der Waals surface area contributed by atoms with Crippen molar-refractivity contribution in [3.05, 3.63) is 112 Å². The molecule has 0 fully saturated rings. The zero-order valence-corrected chi connectivity index (χ0v) is 20.7. The van der Waals surface area contributed by atoms with Crippen molar-refractivity contribution in [3.63, 3.8) is 0 Å². The predicted molar refractivity (Wildman–Crippen MR) is 144 cm³/mol. The van der Waals surface area contributed by atoms with Crippen LogP contribution < -0.4 is 10.6 Å². The van der Waals surface area contributed by atoms with Gasteiger partial charge in [-0.2, -0.15) is 0 Å². The number of benzene rings is 2. The van der Waals surface area contributed by atoms with Crippen LogP contribution in [-0.2, 0) is 6.54 Å². The number of carbonyl (C=O) groups is 2. The molecule has 0 aliphatic rings. The molecule has 0 aliphatic heterocycles. The Hall–Kier alpha value is -4.36. The molecular formula is C29H24N4O2S. The summed E-state index contributed by atoms with van der Waals surface area (Å²) in [6, 6.07) is 22.9. The summed E-state index contributed by atoms with van der Waals surface area (Å²) in [6.45, 7) is 4.20. The van der Waals surface area contributed by atoms with E-state index in [0.717, 1.165) is 32.5 Å². The number of para-hydroxylation sites is 1. The van der Waals surface area contributed by atoms with Gasteiger partial charge in [0, 0.05) is 34.8 Å². The normalized spacial score (nSPS) is 10.8. The van der Waals surface area contributed by atoms with Gasteiger partial charge in [-0.15, -0.1) is 11.3 Å². The third kappa shape index (κ3) is 4.74. The van der Waals surface area contributed by atoms with Crippen LogP contribution in [0.25, 0.3) is 22.2 Å². The van der Waals surface area contributed by atoms with E-state index in [2.05, 4.69) is 15.6 Å². The first kappa shape index (κ1) is 23.4. The van der Waals surface area contributed by atoms with Crippen LogP contribution in [0, 0.1) is 13.8 Å². The van der Waals surface area contributed by atoms with Gasteiger partial charge in [0.2, 0.25) is 0 Å². The van der Waals surface area contributed by atoms with Gasteiger partial charge in [0.25, 0.3) is 11.8 Å². The fourth-order valence-corrected chi connectivity index (χ4v) is 5.11. The molecule has 178 valence electrons. The molecule has 6 nitrogen and oxygen atoms in total. The molecule has 0 radical (unpaired) electrons. The van der Waals surface area contributed by atoms with Gasteiger partial charge in [-0.3, -0.25) is 14.6 Å². The molecule has 0 saturated heterocycles. The monoisotopic (exact) mass is 492 g/mol. The molecule has 5 rings (SSSR count). The Morgan fingerprint density at radius 1 is 0.917 bits per heavy atom. The van der Waals surface area contributed by atoms with E-state index >= 15 is 0 Å². The van der Waals surface area contributed by atoms with Crippen LogP contribution in [0.5, 0.6) is 0 Å². The number of aromatic nitrogens is 2. The van der Waals surface area contributed by atoms with E-state index in [1.807, 2.05) is 86.6 Å². The van der Waals surface area contributed by atoms with Gasteiger partial charge in [-0.25, -0.2) is 4.98 Å². The zero-order chi connectivity index (χ0) is 25.1. The van der Waals surface area contributed by atoms with E-state index < -0.39 is 0 Å². The fourth-order valence-electron chi connectivity index (χ4n) is 4.05. The third-order valence-corrected chi connectivity index (χ3v) is 7.17. The number of pyridine rings is 2. The summed E-state index contributed by atoms with van der Waals surface area (Å²) in [5.74, 6) is -0.520. The lowest BCUT2D eigenvalue weighted by Crippen LogP contribution is -2.25. The van der Waals surface area contributed by atoms with Crippen LogP contribution in [0.15, 0.2) is 85.2 Å². The van der Waals surface area contributed by atoms with Gasteiger partial charge in [0.05, 0.1) is 22.3 Å². The maximum absolute atomic E-state index is 13.6. The number of hydrogen-bond acceptors (Lipinski definition) is 5. The highest BCUT2D eigenvalue weighted by molar-refractivity contribution is 7.16. The minimum Gasteiger partial charge on any atom is -0.348 e. The highest BCUT2D eigenvalue weighted by Gasteiger charge is 2.22. The Labute approximate surface area is 213 Å². The highest BCUT2D eigenvalue weighted by atomic mass is 32.1. The molecule has 2 aromatic carbocycles. The van der Waals surface area contributed by atoms with Gasteiger partial charge >= 0.3 is 0 Å². The number of hydrogen-bond donors (Lipinski definition) is 2. The van der Waals surface area contributed by atoms with Crippen LogP contribution in [-0.4, -0.2) is 21.8 Å². The fraction of sp³-hybridized carbons (Fsp3) is 0.103. The SMILES string of the molecule is Cc1sc(NC(=O)c2cc(-c3ccccc3)nc3ccccc23)c(C(=O)NCc2cccnc2)c1C. The second kappa shape index (κ2) is 10.1. The molecule has 5 aromatic rings. The molecule has 36 heavy (non-hydrogen) atoms. The first-order chi connectivity index (χ1) is 17.5. The number of thiophene rings is 1. The first-order valence-electron chi connectivity index (χ1n) is 11.5. The minimum absolute atomic E-state index is 0.236. The zero-order valence-electron chi connectivity index (χ0n) is 19.9. The maximum atomic E-state index is 13.6. The van der Waals surface area contributed by atoms with Gasteiger partial charge < -0.3 is 10.6 Å². The molecule has 2 N–H and O–H groups in total. The largest absolute Gasteiger partial charge is 0.348 e. The van der Waals surface area contributed by atoms with E-state index in [9.17, 15) is 9.59 Å². The van der Waals surface area contributed by atoms with E-state index in [1.165, 1.54) is 11.3 Å². The second-order valence-corrected chi connectivity index (χ2v) is 9.65. The number of aryl methyl sites for hydroxylation is 1. The van der Waals surface area contributed by atoms with Crippen molar-refractivity contribution in [3.8, 4) is 11.3 Å². The Morgan fingerprint density at radius 3 is 2.47 bits per heavy atom. The Bertz CT molecular complexity index is 1560. The number of nitrogens with one attached hydrogen (secondary N) is 2. The molecule has 2 amide bonds. The summed E-state index contributed by atoms with van der Waals surface area (Å²) in [5.41, 5.74) is 5.11. The summed E-state index contributed by atoms with van der Waals surface area (Å²) in [4.78, 5) is 36.6. The van der Waals surface area contributed by atoms with Crippen molar-refractivity contribution in [2.45, 2.75) is 20.4 Å². The predicted octanol–water partition coefficient (Wildman–Crippen LogP) is 6.16. The smallest absolute Gasteiger partial charge is 0.257 e. The summed E-state index contributed by atoms with van der Waals surface area (Å²) in [6.07, 6.45) is 3.41. The number of carbonyl (C=O) groups excluding carboxylic acids is 2. The average molecular weight is 493 g/mol. The van der Waals surface area contributed by atoms with Gasteiger partial charge in [0.1, 0.15) is 5.00 Å². The lowest BCUT2D eigenvalue weighted by Gasteiger charge is -2.12. The first-order valence-corrected chi connectivity index (χ1v) is 12.4. The highest BCUT2D eigenvalue weighted by Crippen LogP contribution is 2.34. The molecule has 0 bridgehead atoms. The molecule has 0 aliphatic carbocycles. The maximum Gasteiger partial charge on any atom is 0.257 e. The summed E-state index contributed by atoms with van der Waals surface area (Å²) >= 11 is 1.40.